The molecular weight excluding hydrogens is 168 g/mol. The molecule has 1 rings (SSSR count). The minimum Gasteiger partial charge on any atom is -0.391 e. The van der Waals surface area contributed by atoms with Gasteiger partial charge in [0.15, 0.2) is 0 Å². The van der Waals surface area contributed by atoms with E-state index in [-0.39, 0.29) is 11.9 Å². The molecule has 4 heteroatoms. The van der Waals surface area contributed by atoms with Gasteiger partial charge in [0.1, 0.15) is 0 Å². The molecule has 4 nitrogen and oxygen atoms in total. The Morgan fingerprint density at radius 1 is 1.54 bits per heavy atom. The summed E-state index contributed by atoms with van der Waals surface area (Å²) in [6, 6.07) is -0.582. The van der Waals surface area contributed by atoms with Gasteiger partial charge in [0, 0.05) is 0 Å². The molecule has 1 amide bonds. The van der Waals surface area contributed by atoms with Gasteiger partial charge in [0.2, 0.25) is 5.91 Å². The number of carbonyl (C=O) groups excluding carboxylic acids is 1. The van der Waals surface area contributed by atoms with E-state index in [4.69, 9.17) is 5.73 Å². The summed E-state index contributed by atoms with van der Waals surface area (Å²) in [4.78, 5) is 11.2. The van der Waals surface area contributed by atoms with Gasteiger partial charge in [0.25, 0.3) is 0 Å². The van der Waals surface area contributed by atoms with E-state index in [2.05, 4.69) is 5.32 Å². The number of hydrogen-bond donors (Lipinski definition) is 3. The zero-order valence-corrected chi connectivity index (χ0v) is 7.99. The Hall–Kier alpha value is -0.610. The lowest BCUT2D eigenvalue weighted by Crippen LogP contribution is -2.49. The third-order valence-corrected chi connectivity index (χ3v) is 2.47. The lowest BCUT2D eigenvalue weighted by atomic mass is 9.92. The third-order valence-electron chi connectivity index (χ3n) is 2.47. The van der Waals surface area contributed by atoms with Crippen molar-refractivity contribution in [3.8, 4) is 0 Å². The zero-order valence-electron chi connectivity index (χ0n) is 7.99. The van der Waals surface area contributed by atoms with Gasteiger partial charge < -0.3 is 16.2 Å². The van der Waals surface area contributed by atoms with Crippen molar-refractivity contribution in [3.63, 3.8) is 0 Å². The Labute approximate surface area is 78.5 Å². The molecule has 0 radical (unpaired) electrons. The van der Waals surface area contributed by atoms with Crippen LogP contribution in [0.5, 0.6) is 0 Å². The van der Waals surface area contributed by atoms with Crippen molar-refractivity contribution >= 4 is 5.91 Å². The van der Waals surface area contributed by atoms with E-state index >= 15 is 0 Å². The highest BCUT2D eigenvalue weighted by atomic mass is 16.3. The Morgan fingerprint density at radius 2 is 2.15 bits per heavy atom. The second-order valence-corrected chi connectivity index (χ2v) is 3.76. The monoisotopic (exact) mass is 186 g/mol. The van der Waals surface area contributed by atoms with Crippen LogP contribution in [-0.4, -0.2) is 29.2 Å². The fourth-order valence-corrected chi connectivity index (χ4v) is 1.59. The molecule has 1 saturated carbocycles. The fraction of sp³-hybridized carbons (Fsp3) is 0.889. The molecule has 4 N–H and O–H groups in total. The van der Waals surface area contributed by atoms with E-state index < -0.39 is 12.1 Å². The highest BCUT2D eigenvalue weighted by molar-refractivity contribution is 5.81. The zero-order chi connectivity index (χ0) is 9.84. The smallest absolute Gasteiger partial charge is 0.236 e. The lowest BCUT2D eigenvalue weighted by Gasteiger charge is -2.28. The van der Waals surface area contributed by atoms with Crippen molar-refractivity contribution in [1.82, 2.24) is 5.32 Å². The van der Waals surface area contributed by atoms with E-state index in [0.717, 1.165) is 25.7 Å². The van der Waals surface area contributed by atoms with Crippen LogP contribution in [-0.2, 0) is 4.79 Å². The number of rotatable bonds is 2. The van der Waals surface area contributed by atoms with Crippen molar-refractivity contribution in [2.24, 2.45) is 5.73 Å². The van der Waals surface area contributed by atoms with Crippen LogP contribution in [0.25, 0.3) is 0 Å². The summed E-state index contributed by atoms with van der Waals surface area (Å²) in [5.74, 6) is -0.175. The maximum absolute atomic E-state index is 11.2. The molecule has 1 aliphatic carbocycles. The number of aliphatic hydroxyl groups excluding tert-OH is 1. The Kier molecular flexibility index (Phi) is 3.69. The minimum absolute atomic E-state index is 0.0905. The fourth-order valence-electron chi connectivity index (χ4n) is 1.59. The van der Waals surface area contributed by atoms with Crippen LogP contribution in [0.4, 0.5) is 0 Å². The summed E-state index contributed by atoms with van der Waals surface area (Å²) in [7, 11) is 0. The summed E-state index contributed by atoms with van der Waals surface area (Å²) in [5, 5.41) is 12.3. The lowest BCUT2D eigenvalue weighted by molar-refractivity contribution is -0.123. The van der Waals surface area contributed by atoms with Crippen molar-refractivity contribution in [3.05, 3.63) is 0 Å². The number of nitrogens with one attached hydrogen (secondary N) is 1. The summed E-state index contributed by atoms with van der Waals surface area (Å²) in [6.45, 7) is 1.64. The number of carbonyl (C=O) groups is 1. The highest BCUT2D eigenvalue weighted by Crippen LogP contribution is 2.18. The van der Waals surface area contributed by atoms with Crippen LogP contribution in [0.2, 0.25) is 0 Å². The van der Waals surface area contributed by atoms with Gasteiger partial charge in [-0.05, 0) is 19.8 Å². The molecule has 13 heavy (non-hydrogen) atoms. The van der Waals surface area contributed by atoms with Gasteiger partial charge in [0.05, 0.1) is 18.2 Å². The topological polar surface area (TPSA) is 75.4 Å². The first-order valence-corrected chi connectivity index (χ1v) is 4.85. The number of aliphatic hydroxyl groups is 1. The molecule has 0 bridgehead atoms. The maximum atomic E-state index is 11.2. The Balaban J connectivity index is 2.38. The van der Waals surface area contributed by atoms with Crippen molar-refractivity contribution in [2.45, 2.75) is 50.8 Å². The first kappa shape index (κ1) is 10.5. The highest BCUT2D eigenvalue weighted by Gasteiger charge is 2.24. The van der Waals surface area contributed by atoms with Gasteiger partial charge >= 0.3 is 0 Å². The summed E-state index contributed by atoms with van der Waals surface area (Å²) >= 11 is 0. The molecule has 0 aromatic heterocycles. The molecule has 0 heterocycles. The van der Waals surface area contributed by atoms with Crippen LogP contribution in [0, 0.1) is 0 Å². The molecule has 3 atom stereocenters. The minimum atomic E-state index is -0.492. The van der Waals surface area contributed by atoms with Crippen molar-refractivity contribution in [1.29, 1.82) is 0 Å². The van der Waals surface area contributed by atoms with Gasteiger partial charge in [-0.1, -0.05) is 12.8 Å². The molecule has 0 saturated heterocycles. The number of amides is 1. The van der Waals surface area contributed by atoms with Gasteiger partial charge in [-0.25, -0.2) is 0 Å². The van der Waals surface area contributed by atoms with Crippen LogP contribution in [0.1, 0.15) is 32.6 Å². The quantitative estimate of drug-likeness (QED) is 0.557. The molecule has 0 aliphatic heterocycles. The van der Waals surface area contributed by atoms with Gasteiger partial charge in [-0.2, -0.15) is 0 Å². The van der Waals surface area contributed by atoms with Gasteiger partial charge in [-0.15, -0.1) is 0 Å². The molecular formula is C9H18N2O2. The average molecular weight is 186 g/mol. The normalized spacial score (nSPS) is 31.0. The van der Waals surface area contributed by atoms with Gasteiger partial charge in [-0.3, -0.25) is 4.79 Å². The van der Waals surface area contributed by atoms with Crippen LogP contribution in [0.15, 0.2) is 0 Å². The second kappa shape index (κ2) is 4.58. The summed E-state index contributed by atoms with van der Waals surface area (Å²) < 4.78 is 0. The van der Waals surface area contributed by atoms with E-state index in [1.165, 1.54) is 0 Å². The first-order chi connectivity index (χ1) is 6.11. The molecule has 0 spiro atoms. The van der Waals surface area contributed by atoms with Crippen LogP contribution in [0.3, 0.4) is 0 Å². The average Bonchev–Trinajstić information content (AvgIpc) is 2.08. The molecule has 1 fully saturated rings. The summed E-state index contributed by atoms with van der Waals surface area (Å²) in [6.07, 6.45) is 3.37. The molecule has 0 unspecified atom stereocenters. The van der Waals surface area contributed by atoms with Crippen molar-refractivity contribution in [2.75, 3.05) is 0 Å². The molecule has 1 aliphatic rings. The first-order valence-electron chi connectivity index (χ1n) is 4.85. The third kappa shape index (κ3) is 2.97. The molecule has 76 valence electrons. The standard InChI is InChI=1S/C9H18N2O2/c1-6(10)9(13)11-7-4-2-3-5-8(7)12/h6-8,12H,2-5,10H2,1H3,(H,11,13)/t6-,7+,8+/m0/s1. The molecule has 0 aromatic rings. The maximum Gasteiger partial charge on any atom is 0.236 e. The van der Waals surface area contributed by atoms with Crippen LogP contribution >= 0.6 is 0 Å². The predicted molar refractivity (Wildman–Crippen MR) is 50.1 cm³/mol. The van der Waals surface area contributed by atoms with E-state index in [9.17, 15) is 9.90 Å². The van der Waals surface area contributed by atoms with Crippen molar-refractivity contribution < 1.29 is 9.90 Å². The second-order valence-electron chi connectivity index (χ2n) is 3.76. The summed E-state index contributed by atoms with van der Waals surface area (Å²) in [5.41, 5.74) is 5.40. The largest absolute Gasteiger partial charge is 0.391 e. The van der Waals surface area contributed by atoms with Crippen LogP contribution < -0.4 is 11.1 Å². The molecule has 0 aromatic carbocycles. The predicted octanol–water partition coefficient (Wildman–Crippen LogP) is -0.247. The number of hydrogen-bond acceptors (Lipinski definition) is 3. The Bertz CT molecular complexity index is 182. The SMILES string of the molecule is C[C@H](N)C(=O)N[C@@H]1CCCC[C@H]1O. The van der Waals surface area contributed by atoms with E-state index in [1.807, 2.05) is 0 Å². The van der Waals surface area contributed by atoms with E-state index in [1.54, 1.807) is 6.92 Å². The number of nitrogens with two attached hydrogens (primary N) is 1. The van der Waals surface area contributed by atoms with E-state index in [0.29, 0.717) is 0 Å². The Morgan fingerprint density at radius 3 is 2.69 bits per heavy atom.